The minimum absolute atomic E-state index is 0.212. The third-order valence-electron chi connectivity index (χ3n) is 4.37. The third kappa shape index (κ3) is 4.67. The van der Waals surface area contributed by atoms with E-state index in [0.717, 1.165) is 27.6 Å². The van der Waals surface area contributed by atoms with Gasteiger partial charge in [-0.25, -0.2) is 9.97 Å². The molecule has 152 valence electrons. The van der Waals surface area contributed by atoms with Crippen LogP contribution in [0.5, 0.6) is 11.5 Å². The first-order valence-electron chi connectivity index (χ1n) is 9.15. The van der Waals surface area contributed by atoms with Crippen molar-refractivity contribution in [2.24, 2.45) is 0 Å². The molecule has 0 atom stereocenters. The van der Waals surface area contributed by atoms with Crippen molar-refractivity contribution in [3.05, 3.63) is 75.6 Å². The quantitative estimate of drug-likeness (QED) is 0.418. The molecule has 0 aliphatic rings. The number of benzene rings is 2. The first-order valence-corrected chi connectivity index (χ1v) is 10.9. The van der Waals surface area contributed by atoms with Crippen molar-refractivity contribution in [2.75, 3.05) is 12.4 Å². The number of carbonyl (C=O) groups is 1. The van der Waals surface area contributed by atoms with Gasteiger partial charge < -0.3 is 9.47 Å². The molecule has 2 aromatic heterocycles. The lowest BCUT2D eigenvalue weighted by molar-refractivity contribution is 0.102. The van der Waals surface area contributed by atoms with E-state index in [1.54, 1.807) is 36.9 Å². The average Bonchev–Trinajstić information content (AvgIpc) is 3.42. The van der Waals surface area contributed by atoms with Crippen molar-refractivity contribution < 1.29 is 14.3 Å². The predicted octanol–water partition coefficient (Wildman–Crippen LogP) is 5.41. The zero-order valence-electron chi connectivity index (χ0n) is 16.4. The van der Waals surface area contributed by atoms with Crippen LogP contribution < -0.4 is 14.8 Å². The van der Waals surface area contributed by atoms with Crippen molar-refractivity contribution in [3.8, 4) is 22.8 Å². The topological polar surface area (TPSA) is 73.3 Å². The van der Waals surface area contributed by atoms with Crippen LogP contribution in [0, 0.1) is 6.92 Å². The third-order valence-corrected chi connectivity index (χ3v) is 5.89. The number of ether oxygens (including phenoxy) is 2. The molecular weight excluding hydrogens is 418 g/mol. The molecule has 0 spiro atoms. The Morgan fingerprint density at radius 3 is 2.47 bits per heavy atom. The lowest BCUT2D eigenvalue weighted by Gasteiger charge is -2.06. The van der Waals surface area contributed by atoms with Gasteiger partial charge in [0, 0.05) is 21.4 Å². The number of hydrogen-bond acceptors (Lipinski definition) is 7. The maximum atomic E-state index is 12.6. The molecule has 30 heavy (non-hydrogen) atoms. The fraction of sp³-hybridized carbons (Fsp3) is 0.136. The Morgan fingerprint density at radius 2 is 1.80 bits per heavy atom. The summed E-state index contributed by atoms with van der Waals surface area (Å²) in [4.78, 5) is 22.4. The van der Waals surface area contributed by atoms with Crippen LogP contribution in [0.25, 0.3) is 11.3 Å². The highest BCUT2D eigenvalue weighted by Crippen LogP contribution is 2.31. The Hall–Kier alpha value is -3.23. The fourth-order valence-electron chi connectivity index (χ4n) is 2.80. The van der Waals surface area contributed by atoms with Crippen molar-refractivity contribution in [2.45, 2.75) is 13.5 Å². The van der Waals surface area contributed by atoms with Crippen LogP contribution >= 0.6 is 22.7 Å². The van der Waals surface area contributed by atoms with Gasteiger partial charge >= 0.3 is 0 Å². The molecule has 0 bridgehead atoms. The second-order valence-corrected chi connectivity index (χ2v) is 8.32. The van der Waals surface area contributed by atoms with E-state index >= 15 is 0 Å². The van der Waals surface area contributed by atoms with Crippen LogP contribution in [0.15, 0.2) is 59.4 Å². The summed E-state index contributed by atoms with van der Waals surface area (Å²) in [7, 11) is 1.64. The predicted molar refractivity (Wildman–Crippen MR) is 120 cm³/mol. The molecule has 0 aliphatic carbocycles. The number of thiazole rings is 2. The van der Waals surface area contributed by atoms with E-state index < -0.39 is 0 Å². The molecule has 1 amide bonds. The van der Waals surface area contributed by atoms with Gasteiger partial charge in [-0.3, -0.25) is 10.1 Å². The fourth-order valence-corrected chi connectivity index (χ4v) is 4.18. The van der Waals surface area contributed by atoms with Gasteiger partial charge in [0.1, 0.15) is 18.1 Å². The highest BCUT2D eigenvalue weighted by atomic mass is 32.1. The van der Waals surface area contributed by atoms with E-state index in [9.17, 15) is 4.79 Å². The Bertz CT molecular complexity index is 1120. The Labute approximate surface area is 182 Å². The maximum absolute atomic E-state index is 12.6. The monoisotopic (exact) mass is 437 g/mol. The SMILES string of the molecule is COc1ccc(-c2nc(NC(=O)c3ccc(OCc4cscn4)cc3)sc2C)cc1. The molecule has 2 aromatic carbocycles. The number of carbonyl (C=O) groups excluding carboxylic acids is 1. The van der Waals surface area contributed by atoms with Crippen LogP contribution in [0.2, 0.25) is 0 Å². The van der Waals surface area contributed by atoms with Gasteiger partial charge in [0.05, 0.1) is 24.0 Å². The zero-order valence-corrected chi connectivity index (χ0v) is 18.0. The first-order chi connectivity index (χ1) is 14.6. The number of hydrogen-bond donors (Lipinski definition) is 1. The Balaban J connectivity index is 1.41. The molecule has 0 unspecified atom stereocenters. The highest BCUT2D eigenvalue weighted by molar-refractivity contribution is 7.16. The second-order valence-electron chi connectivity index (χ2n) is 6.40. The minimum atomic E-state index is -0.212. The molecule has 0 aliphatic heterocycles. The molecule has 8 heteroatoms. The summed E-state index contributed by atoms with van der Waals surface area (Å²) < 4.78 is 10.9. The lowest BCUT2D eigenvalue weighted by Crippen LogP contribution is -2.11. The van der Waals surface area contributed by atoms with Gasteiger partial charge in [0.2, 0.25) is 0 Å². The summed E-state index contributed by atoms with van der Waals surface area (Å²) in [6.07, 6.45) is 0. The van der Waals surface area contributed by atoms with Crippen molar-refractivity contribution >= 4 is 33.7 Å². The van der Waals surface area contributed by atoms with Crippen LogP contribution in [0.4, 0.5) is 5.13 Å². The van der Waals surface area contributed by atoms with Gasteiger partial charge in [-0.15, -0.1) is 22.7 Å². The van der Waals surface area contributed by atoms with Gasteiger partial charge in [-0.1, -0.05) is 0 Å². The van der Waals surface area contributed by atoms with E-state index in [4.69, 9.17) is 9.47 Å². The van der Waals surface area contributed by atoms with E-state index in [0.29, 0.717) is 23.1 Å². The molecule has 4 aromatic rings. The normalized spacial score (nSPS) is 10.6. The number of aromatic nitrogens is 2. The maximum Gasteiger partial charge on any atom is 0.257 e. The van der Waals surface area contributed by atoms with Crippen molar-refractivity contribution in [3.63, 3.8) is 0 Å². The molecule has 0 fully saturated rings. The summed E-state index contributed by atoms with van der Waals surface area (Å²) >= 11 is 2.98. The number of aryl methyl sites for hydroxylation is 1. The van der Waals surface area contributed by atoms with E-state index in [1.165, 1.54) is 22.7 Å². The summed E-state index contributed by atoms with van der Waals surface area (Å²) in [5.74, 6) is 1.27. The molecular formula is C22H19N3O3S2. The molecule has 0 saturated heterocycles. The zero-order chi connectivity index (χ0) is 20.9. The smallest absolute Gasteiger partial charge is 0.257 e. The molecule has 2 heterocycles. The molecule has 0 radical (unpaired) electrons. The number of rotatable bonds is 7. The van der Waals surface area contributed by atoms with E-state index in [2.05, 4.69) is 15.3 Å². The van der Waals surface area contributed by atoms with Crippen LogP contribution in [0.3, 0.4) is 0 Å². The minimum Gasteiger partial charge on any atom is -0.497 e. The van der Waals surface area contributed by atoms with Gasteiger partial charge in [-0.05, 0) is 55.5 Å². The van der Waals surface area contributed by atoms with Gasteiger partial charge in [-0.2, -0.15) is 0 Å². The van der Waals surface area contributed by atoms with Crippen LogP contribution in [0.1, 0.15) is 20.9 Å². The molecule has 6 nitrogen and oxygen atoms in total. The van der Waals surface area contributed by atoms with Crippen LogP contribution in [-0.4, -0.2) is 23.0 Å². The van der Waals surface area contributed by atoms with Gasteiger partial charge in [0.25, 0.3) is 5.91 Å². The first kappa shape index (κ1) is 20.1. The summed E-state index contributed by atoms with van der Waals surface area (Å²) in [6, 6.07) is 14.7. The Morgan fingerprint density at radius 1 is 1.07 bits per heavy atom. The second kappa shape index (κ2) is 9.06. The Kier molecular flexibility index (Phi) is 6.06. The number of nitrogens with zero attached hydrogens (tertiary/aromatic N) is 2. The highest BCUT2D eigenvalue weighted by Gasteiger charge is 2.13. The lowest BCUT2D eigenvalue weighted by atomic mass is 10.1. The molecule has 0 saturated carbocycles. The average molecular weight is 438 g/mol. The van der Waals surface area contributed by atoms with Crippen molar-refractivity contribution in [1.82, 2.24) is 9.97 Å². The summed E-state index contributed by atoms with van der Waals surface area (Å²) in [5.41, 5.74) is 5.02. The molecule has 4 rings (SSSR count). The van der Waals surface area contributed by atoms with Crippen molar-refractivity contribution in [1.29, 1.82) is 0 Å². The van der Waals surface area contributed by atoms with Crippen LogP contribution in [-0.2, 0) is 6.61 Å². The van der Waals surface area contributed by atoms with E-state index in [1.807, 2.05) is 36.6 Å². The standard InChI is InChI=1S/C22H19N3O3S2/c1-14-20(15-3-7-18(27-2)8-4-15)24-22(30-14)25-21(26)16-5-9-19(10-6-16)28-11-17-12-29-13-23-17/h3-10,12-13H,11H2,1-2H3,(H,24,25,26). The largest absolute Gasteiger partial charge is 0.497 e. The number of methoxy groups -OCH3 is 1. The molecule has 1 N–H and O–H groups in total. The van der Waals surface area contributed by atoms with E-state index in [-0.39, 0.29) is 5.91 Å². The summed E-state index contributed by atoms with van der Waals surface area (Å²) in [5, 5.41) is 5.38. The number of amides is 1. The summed E-state index contributed by atoms with van der Waals surface area (Å²) in [6.45, 7) is 2.39. The van der Waals surface area contributed by atoms with Gasteiger partial charge in [0.15, 0.2) is 5.13 Å². The number of nitrogens with one attached hydrogen (secondary N) is 1. The number of anilines is 1.